The number of amides is 1. The van der Waals surface area contributed by atoms with E-state index in [0.717, 1.165) is 5.56 Å². The Labute approximate surface area is 133 Å². The fourth-order valence-corrected chi connectivity index (χ4v) is 2.49. The Morgan fingerprint density at radius 3 is 2.83 bits per heavy atom. The topological polar surface area (TPSA) is 68.3 Å². The third-order valence-corrected chi connectivity index (χ3v) is 3.70. The van der Waals surface area contributed by atoms with Crippen LogP contribution in [0.15, 0.2) is 58.0 Å². The van der Waals surface area contributed by atoms with Crippen LogP contribution in [0.25, 0.3) is 11.1 Å². The molecule has 0 bridgehead atoms. The predicted molar refractivity (Wildman–Crippen MR) is 85.8 cm³/mol. The summed E-state index contributed by atoms with van der Waals surface area (Å²) in [6, 6.07) is 10.8. The minimum absolute atomic E-state index is 0.0377. The summed E-state index contributed by atoms with van der Waals surface area (Å²) in [5, 5.41) is 0. The Bertz CT molecular complexity index is 867. The van der Waals surface area contributed by atoms with Gasteiger partial charge in [0.2, 0.25) is 5.91 Å². The van der Waals surface area contributed by atoms with Gasteiger partial charge in [-0.05, 0) is 30.7 Å². The fourth-order valence-electron chi connectivity index (χ4n) is 2.49. The van der Waals surface area contributed by atoms with Crippen LogP contribution in [0.3, 0.4) is 0 Å². The standard InChI is InChI=1S/C17H17N3O3/c1-2-19(11-13-6-5-9-18-10-13)16(21)12-20-14-7-3-4-8-15(14)23-17(20)22/h3-10H,2,11-12H2,1H3. The van der Waals surface area contributed by atoms with Crippen LogP contribution in [0.2, 0.25) is 0 Å². The van der Waals surface area contributed by atoms with Crippen LogP contribution in [0.1, 0.15) is 12.5 Å². The molecule has 0 spiro atoms. The number of para-hydroxylation sites is 2. The molecule has 0 saturated carbocycles. The molecular weight excluding hydrogens is 294 g/mol. The molecule has 3 rings (SSSR count). The summed E-state index contributed by atoms with van der Waals surface area (Å²) in [7, 11) is 0. The minimum atomic E-state index is -0.517. The maximum absolute atomic E-state index is 12.5. The van der Waals surface area contributed by atoms with E-state index in [0.29, 0.717) is 24.2 Å². The number of hydrogen-bond acceptors (Lipinski definition) is 4. The highest BCUT2D eigenvalue weighted by Crippen LogP contribution is 2.12. The Kier molecular flexibility index (Phi) is 4.23. The molecule has 0 radical (unpaired) electrons. The van der Waals surface area contributed by atoms with Gasteiger partial charge < -0.3 is 9.32 Å². The lowest BCUT2D eigenvalue weighted by Crippen LogP contribution is -2.35. The quantitative estimate of drug-likeness (QED) is 0.723. The van der Waals surface area contributed by atoms with Crippen molar-refractivity contribution in [2.45, 2.75) is 20.0 Å². The third-order valence-electron chi connectivity index (χ3n) is 3.70. The third kappa shape index (κ3) is 3.15. The van der Waals surface area contributed by atoms with Crippen LogP contribution in [0, 0.1) is 0 Å². The van der Waals surface area contributed by atoms with Gasteiger partial charge in [-0.25, -0.2) is 4.79 Å². The zero-order chi connectivity index (χ0) is 16.2. The van der Waals surface area contributed by atoms with Crippen molar-refractivity contribution < 1.29 is 9.21 Å². The van der Waals surface area contributed by atoms with Crippen molar-refractivity contribution in [3.05, 3.63) is 64.9 Å². The zero-order valence-corrected chi connectivity index (χ0v) is 12.8. The number of carbonyl (C=O) groups excluding carboxylic acids is 1. The van der Waals surface area contributed by atoms with Gasteiger partial charge in [0.15, 0.2) is 5.58 Å². The van der Waals surface area contributed by atoms with E-state index in [9.17, 15) is 9.59 Å². The highest BCUT2D eigenvalue weighted by molar-refractivity contribution is 5.79. The Hall–Kier alpha value is -2.89. The summed E-state index contributed by atoms with van der Waals surface area (Å²) in [6.45, 7) is 2.89. The Morgan fingerprint density at radius 1 is 1.26 bits per heavy atom. The number of rotatable bonds is 5. The molecule has 2 heterocycles. The molecule has 0 saturated heterocycles. The molecule has 0 atom stereocenters. The first-order valence-electron chi connectivity index (χ1n) is 7.44. The average molecular weight is 311 g/mol. The summed E-state index contributed by atoms with van der Waals surface area (Å²) >= 11 is 0. The molecule has 6 nitrogen and oxygen atoms in total. The number of pyridine rings is 1. The smallest absolute Gasteiger partial charge is 0.408 e. The summed E-state index contributed by atoms with van der Waals surface area (Å²) in [6.07, 6.45) is 3.42. The first kappa shape index (κ1) is 15.0. The molecule has 118 valence electrons. The molecular formula is C17H17N3O3. The first-order chi connectivity index (χ1) is 11.2. The van der Waals surface area contributed by atoms with Crippen LogP contribution in [0.4, 0.5) is 0 Å². The van der Waals surface area contributed by atoms with Gasteiger partial charge in [-0.1, -0.05) is 18.2 Å². The average Bonchev–Trinajstić information content (AvgIpc) is 2.89. The SMILES string of the molecule is CCN(Cc1cccnc1)C(=O)Cn1c(=O)oc2ccccc21. The zero-order valence-electron chi connectivity index (χ0n) is 12.8. The van der Waals surface area contributed by atoms with Gasteiger partial charge in [0.05, 0.1) is 5.52 Å². The van der Waals surface area contributed by atoms with E-state index in [1.54, 1.807) is 35.5 Å². The molecule has 3 aromatic rings. The lowest BCUT2D eigenvalue weighted by atomic mass is 10.2. The van der Waals surface area contributed by atoms with E-state index < -0.39 is 5.76 Å². The van der Waals surface area contributed by atoms with Crippen LogP contribution in [0.5, 0.6) is 0 Å². The Balaban J connectivity index is 1.81. The molecule has 1 amide bonds. The number of likely N-dealkylation sites (N-methyl/N-ethyl adjacent to an activating group) is 1. The largest absolute Gasteiger partial charge is 0.420 e. The molecule has 1 aromatic carbocycles. The van der Waals surface area contributed by atoms with Crippen molar-refractivity contribution in [3.8, 4) is 0 Å². The number of fused-ring (bicyclic) bond motifs is 1. The van der Waals surface area contributed by atoms with E-state index in [2.05, 4.69) is 4.98 Å². The normalized spacial score (nSPS) is 10.8. The monoisotopic (exact) mass is 311 g/mol. The first-order valence-corrected chi connectivity index (χ1v) is 7.44. The highest BCUT2D eigenvalue weighted by Gasteiger charge is 2.17. The van der Waals surface area contributed by atoms with Gasteiger partial charge in [-0.15, -0.1) is 0 Å². The van der Waals surface area contributed by atoms with E-state index >= 15 is 0 Å². The van der Waals surface area contributed by atoms with Crippen molar-refractivity contribution in [2.24, 2.45) is 0 Å². The highest BCUT2D eigenvalue weighted by atomic mass is 16.4. The second kappa shape index (κ2) is 6.48. The lowest BCUT2D eigenvalue weighted by Gasteiger charge is -2.20. The molecule has 0 unspecified atom stereocenters. The molecule has 0 aliphatic heterocycles. The van der Waals surface area contributed by atoms with Gasteiger partial charge in [0.25, 0.3) is 0 Å². The second-order valence-electron chi connectivity index (χ2n) is 5.19. The molecule has 0 N–H and O–H groups in total. The van der Waals surface area contributed by atoms with Crippen LogP contribution in [-0.4, -0.2) is 26.9 Å². The summed E-state index contributed by atoms with van der Waals surface area (Å²) in [4.78, 5) is 30.2. The van der Waals surface area contributed by atoms with E-state index in [1.165, 1.54) is 4.57 Å². The van der Waals surface area contributed by atoms with Crippen molar-refractivity contribution in [1.82, 2.24) is 14.5 Å². The summed E-state index contributed by atoms with van der Waals surface area (Å²) in [5.74, 6) is -0.651. The van der Waals surface area contributed by atoms with Gasteiger partial charge in [-0.2, -0.15) is 0 Å². The van der Waals surface area contributed by atoms with Crippen molar-refractivity contribution in [3.63, 3.8) is 0 Å². The number of nitrogens with zero attached hydrogens (tertiary/aromatic N) is 3. The number of aromatic nitrogens is 2. The number of benzene rings is 1. The maximum Gasteiger partial charge on any atom is 0.420 e. The van der Waals surface area contributed by atoms with Crippen molar-refractivity contribution in [2.75, 3.05) is 6.54 Å². The van der Waals surface area contributed by atoms with Gasteiger partial charge in [-0.3, -0.25) is 14.3 Å². The fraction of sp³-hybridized carbons (Fsp3) is 0.235. The van der Waals surface area contributed by atoms with Crippen molar-refractivity contribution in [1.29, 1.82) is 0 Å². The molecule has 23 heavy (non-hydrogen) atoms. The maximum atomic E-state index is 12.5. The van der Waals surface area contributed by atoms with E-state index in [4.69, 9.17) is 4.42 Å². The number of oxazole rings is 1. The van der Waals surface area contributed by atoms with E-state index in [1.807, 2.05) is 25.1 Å². The van der Waals surface area contributed by atoms with Gasteiger partial charge in [0, 0.05) is 25.5 Å². The minimum Gasteiger partial charge on any atom is -0.408 e. The van der Waals surface area contributed by atoms with E-state index in [-0.39, 0.29) is 12.5 Å². The molecule has 0 aliphatic carbocycles. The summed E-state index contributed by atoms with van der Waals surface area (Å²) in [5.41, 5.74) is 2.07. The lowest BCUT2D eigenvalue weighted by molar-refractivity contribution is -0.132. The van der Waals surface area contributed by atoms with Crippen LogP contribution < -0.4 is 5.76 Å². The summed E-state index contributed by atoms with van der Waals surface area (Å²) < 4.78 is 6.52. The van der Waals surface area contributed by atoms with Crippen LogP contribution >= 0.6 is 0 Å². The predicted octanol–water partition coefficient (Wildman–Crippen LogP) is 2.04. The van der Waals surface area contributed by atoms with Gasteiger partial charge in [0.1, 0.15) is 6.54 Å². The van der Waals surface area contributed by atoms with Crippen molar-refractivity contribution >= 4 is 17.0 Å². The molecule has 2 aromatic heterocycles. The number of carbonyl (C=O) groups is 1. The second-order valence-corrected chi connectivity index (χ2v) is 5.19. The number of hydrogen-bond donors (Lipinski definition) is 0. The van der Waals surface area contributed by atoms with Crippen LogP contribution in [-0.2, 0) is 17.9 Å². The van der Waals surface area contributed by atoms with Gasteiger partial charge >= 0.3 is 5.76 Å². The molecule has 6 heteroatoms. The molecule has 0 aliphatic rings. The Morgan fingerprint density at radius 2 is 2.09 bits per heavy atom. The molecule has 0 fully saturated rings.